The summed E-state index contributed by atoms with van der Waals surface area (Å²) in [4.78, 5) is 0. The lowest BCUT2D eigenvalue weighted by molar-refractivity contribution is 0.285. The molecule has 0 radical (unpaired) electrons. The van der Waals surface area contributed by atoms with Crippen molar-refractivity contribution in [3.8, 4) is 5.75 Å². The molecule has 1 nitrogen and oxygen atoms in total. The average Bonchev–Trinajstić information content (AvgIpc) is 2.67. The van der Waals surface area contributed by atoms with Gasteiger partial charge in [-0.3, -0.25) is 0 Å². The van der Waals surface area contributed by atoms with Crippen molar-refractivity contribution < 1.29 is 13.5 Å². The molecule has 0 heterocycles. The van der Waals surface area contributed by atoms with Crippen molar-refractivity contribution in [1.29, 1.82) is 0 Å². The summed E-state index contributed by atoms with van der Waals surface area (Å²) in [5.74, 6) is -1.09. The Balaban J connectivity index is 1.94. The summed E-state index contributed by atoms with van der Waals surface area (Å²) in [7, 11) is 0. The van der Waals surface area contributed by atoms with E-state index >= 15 is 0 Å². The van der Waals surface area contributed by atoms with E-state index < -0.39 is 11.6 Å². The Morgan fingerprint density at radius 3 is 2.58 bits per heavy atom. The fraction of sp³-hybridized carbons (Fsp3) is 0.565. The first-order chi connectivity index (χ1) is 12.7. The molecule has 144 valence electrons. The van der Waals surface area contributed by atoms with Crippen molar-refractivity contribution in [3.05, 3.63) is 47.6 Å². The predicted octanol–water partition coefficient (Wildman–Crippen LogP) is 7.46. The maximum Gasteiger partial charge on any atom is 0.201 e. The molecule has 1 unspecified atom stereocenters. The second kappa shape index (κ2) is 11.2. The SMILES string of the molecule is CC/C=C/C1CC=C(c2ccc(OCCCCCCC)c(F)c2F)CC1. The predicted molar refractivity (Wildman–Crippen MR) is 105 cm³/mol. The van der Waals surface area contributed by atoms with Crippen LogP contribution in [0.5, 0.6) is 5.75 Å². The molecule has 3 heteroatoms. The maximum absolute atomic E-state index is 14.5. The average molecular weight is 363 g/mol. The fourth-order valence-electron chi connectivity index (χ4n) is 3.38. The number of halogens is 2. The number of unbranched alkanes of at least 4 members (excludes halogenated alkanes) is 4. The van der Waals surface area contributed by atoms with E-state index in [0.29, 0.717) is 18.1 Å². The molecule has 0 aromatic heterocycles. The van der Waals surface area contributed by atoms with Crippen LogP contribution < -0.4 is 4.74 Å². The fourth-order valence-corrected chi connectivity index (χ4v) is 3.38. The third-order valence-electron chi connectivity index (χ3n) is 4.99. The van der Waals surface area contributed by atoms with Crippen LogP contribution in [-0.2, 0) is 0 Å². The molecule has 1 aliphatic carbocycles. The van der Waals surface area contributed by atoms with Crippen molar-refractivity contribution in [1.82, 2.24) is 0 Å². The Bertz CT molecular complexity index is 619. The molecule has 0 amide bonds. The van der Waals surface area contributed by atoms with Gasteiger partial charge in [-0.25, -0.2) is 4.39 Å². The second-order valence-corrected chi connectivity index (χ2v) is 7.10. The highest BCUT2D eigenvalue weighted by molar-refractivity contribution is 5.67. The van der Waals surface area contributed by atoms with E-state index in [0.717, 1.165) is 50.5 Å². The van der Waals surface area contributed by atoms with Crippen molar-refractivity contribution in [3.63, 3.8) is 0 Å². The van der Waals surface area contributed by atoms with Crippen LogP contribution in [-0.4, -0.2) is 6.61 Å². The zero-order valence-corrected chi connectivity index (χ0v) is 16.2. The van der Waals surface area contributed by atoms with E-state index in [1.807, 2.05) is 0 Å². The number of hydrogen-bond donors (Lipinski definition) is 0. The first kappa shape index (κ1) is 20.7. The van der Waals surface area contributed by atoms with Crippen LogP contribution in [0.15, 0.2) is 30.4 Å². The minimum absolute atomic E-state index is 0.0295. The number of allylic oxidation sites excluding steroid dienone is 4. The molecule has 1 aliphatic rings. The van der Waals surface area contributed by atoms with Gasteiger partial charge < -0.3 is 4.74 Å². The zero-order chi connectivity index (χ0) is 18.8. The van der Waals surface area contributed by atoms with Gasteiger partial charge in [-0.2, -0.15) is 4.39 Å². The Morgan fingerprint density at radius 2 is 1.88 bits per heavy atom. The van der Waals surface area contributed by atoms with E-state index in [2.05, 4.69) is 32.1 Å². The van der Waals surface area contributed by atoms with Gasteiger partial charge in [0.2, 0.25) is 5.82 Å². The molecular formula is C23H32F2O. The first-order valence-corrected chi connectivity index (χ1v) is 10.1. The zero-order valence-electron chi connectivity index (χ0n) is 16.2. The van der Waals surface area contributed by atoms with Crippen LogP contribution in [0.1, 0.15) is 77.2 Å². The molecule has 0 bridgehead atoms. The molecule has 0 N–H and O–H groups in total. The Kier molecular flexibility index (Phi) is 8.87. The van der Waals surface area contributed by atoms with E-state index in [9.17, 15) is 8.78 Å². The third-order valence-corrected chi connectivity index (χ3v) is 4.99. The summed E-state index contributed by atoms with van der Waals surface area (Å²) >= 11 is 0. The molecule has 1 aromatic rings. The lowest BCUT2D eigenvalue weighted by Crippen LogP contribution is -2.06. The standard InChI is InChI=1S/C23H32F2O/c1-3-5-7-8-9-17-26-21-16-15-20(22(24)23(21)25)19-13-11-18(12-14-19)10-6-4-2/h6,10,13,15-16,18H,3-5,7-9,11-12,14,17H2,1-2H3/b10-6+. The molecule has 0 saturated carbocycles. The molecule has 0 fully saturated rings. The summed E-state index contributed by atoms with van der Waals surface area (Å²) in [6.45, 7) is 4.72. The highest BCUT2D eigenvalue weighted by Gasteiger charge is 2.20. The van der Waals surface area contributed by atoms with E-state index in [1.54, 1.807) is 12.1 Å². The van der Waals surface area contributed by atoms with Crippen LogP contribution in [0, 0.1) is 17.6 Å². The number of ether oxygens (including phenoxy) is 1. The van der Waals surface area contributed by atoms with Gasteiger partial charge in [0.05, 0.1) is 6.61 Å². The van der Waals surface area contributed by atoms with Crippen LogP contribution >= 0.6 is 0 Å². The Hall–Kier alpha value is -1.64. The molecule has 1 aromatic carbocycles. The van der Waals surface area contributed by atoms with Crippen molar-refractivity contribution in [2.75, 3.05) is 6.61 Å². The number of rotatable bonds is 10. The van der Waals surface area contributed by atoms with Gasteiger partial charge >= 0.3 is 0 Å². The van der Waals surface area contributed by atoms with Crippen molar-refractivity contribution >= 4 is 5.57 Å². The van der Waals surface area contributed by atoms with Crippen LogP contribution in [0.2, 0.25) is 0 Å². The van der Waals surface area contributed by atoms with Gasteiger partial charge in [0.1, 0.15) is 0 Å². The minimum Gasteiger partial charge on any atom is -0.490 e. The van der Waals surface area contributed by atoms with Gasteiger partial charge in [-0.05, 0) is 55.7 Å². The summed E-state index contributed by atoms with van der Waals surface area (Å²) in [6.07, 6.45) is 15.7. The molecule has 0 saturated heterocycles. The van der Waals surface area contributed by atoms with Crippen LogP contribution in [0.4, 0.5) is 8.78 Å². The van der Waals surface area contributed by atoms with Crippen LogP contribution in [0.25, 0.3) is 5.57 Å². The number of benzene rings is 1. The monoisotopic (exact) mass is 362 g/mol. The quantitative estimate of drug-likeness (QED) is 0.310. The van der Waals surface area contributed by atoms with Gasteiger partial charge in [-0.1, -0.05) is 57.8 Å². The largest absolute Gasteiger partial charge is 0.490 e. The smallest absolute Gasteiger partial charge is 0.201 e. The summed E-state index contributed by atoms with van der Waals surface area (Å²) in [5, 5.41) is 0. The van der Waals surface area contributed by atoms with Gasteiger partial charge in [0.25, 0.3) is 0 Å². The normalized spacial score (nSPS) is 17.5. The van der Waals surface area contributed by atoms with Gasteiger partial charge in [0, 0.05) is 5.56 Å². The van der Waals surface area contributed by atoms with E-state index in [-0.39, 0.29) is 5.75 Å². The molecule has 0 aliphatic heterocycles. The highest BCUT2D eigenvalue weighted by Crippen LogP contribution is 2.34. The van der Waals surface area contributed by atoms with Gasteiger partial charge in [-0.15, -0.1) is 0 Å². The molecule has 1 atom stereocenters. The topological polar surface area (TPSA) is 9.23 Å². The molecule has 2 rings (SSSR count). The van der Waals surface area contributed by atoms with Crippen LogP contribution in [0.3, 0.4) is 0 Å². The summed E-state index contributed by atoms with van der Waals surface area (Å²) in [6, 6.07) is 3.24. The summed E-state index contributed by atoms with van der Waals surface area (Å²) < 4.78 is 34.3. The van der Waals surface area contributed by atoms with Crippen molar-refractivity contribution in [2.24, 2.45) is 5.92 Å². The third kappa shape index (κ3) is 5.96. The highest BCUT2D eigenvalue weighted by atomic mass is 19.2. The Labute approximate surface area is 157 Å². The molecule has 0 spiro atoms. The number of hydrogen-bond acceptors (Lipinski definition) is 1. The Morgan fingerprint density at radius 1 is 1.08 bits per heavy atom. The maximum atomic E-state index is 14.5. The summed E-state index contributed by atoms with van der Waals surface area (Å²) in [5.41, 5.74) is 1.30. The van der Waals surface area contributed by atoms with E-state index in [4.69, 9.17) is 4.74 Å². The second-order valence-electron chi connectivity index (χ2n) is 7.10. The molecular weight excluding hydrogens is 330 g/mol. The lowest BCUT2D eigenvalue weighted by Gasteiger charge is -2.20. The first-order valence-electron chi connectivity index (χ1n) is 10.1. The van der Waals surface area contributed by atoms with E-state index in [1.165, 1.54) is 12.8 Å². The molecule has 26 heavy (non-hydrogen) atoms. The van der Waals surface area contributed by atoms with Gasteiger partial charge in [0.15, 0.2) is 11.6 Å². The lowest BCUT2D eigenvalue weighted by atomic mass is 9.86. The minimum atomic E-state index is -0.857. The van der Waals surface area contributed by atoms with Crippen molar-refractivity contribution in [2.45, 2.75) is 71.6 Å².